The lowest BCUT2D eigenvalue weighted by atomic mass is 10.1. The third-order valence-electron chi connectivity index (χ3n) is 1.99. The van der Waals surface area contributed by atoms with E-state index < -0.39 is 0 Å². The molecule has 1 nitrogen and oxygen atoms in total. The maximum absolute atomic E-state index is 3.47. The third-order valence-corrected chi connectivity index (χ3v) is 3.05. The molecular weight excluding hydrogens is 237 g/mol. The molecule has 0 spiro atoms. The van der Waals surface area contributed by atoms with Crippen LogP contribution in [0.15, 0.2) is 0 Å². The van der Waals surface area contributed by atoms with Crippen molar-refractivity contribution in [2.24, 2.45) is 0 Å². The summed E-state index contributed by atoms with van der Waals surface area (Å²) in [5, 5.41) is 3.47. The van der Waals surface area contributed by atoms with E-state index in [1.807, 2.05) is 0 Å². The van der Waals surface area contributed by atoms with E-state index in [4.69, 9.17) is 0 Å². The molecule has 0 aliphatic carbocycles. The molecule has 0 aromatic heterocycles. The Morgan fingerprint density at radius 3 is 2.80 bits per heavy atom. The van der Waals surface area contributed by atoms with E-state index in [-0.39, 0.29) is 0 Å². The highest BCUT2D eigenvalue weighted by Crippen LogP contribution is 2.13. The summed E-state index contributed by atoms with van der Waals surface area (Å²) < 4.78 is 0.871. The lowest BCUT2D eigenvalue weighted by Crippen LogP contribution is -2.22. The first-order chi connectivity index (χ1) is 4.89. The molecule has 2 heteroatoms. The van der Waals surface area contributed by atoms with Gasteiger partial charge in [-0.1, -0.05) is 41.9 Å². The van der Waals surface area contributed by atoms with Gasteiger partial charge in [-0.05, 0) is 19.4 Å². The van der Waals surface area contributed by atoms with Crippen LogP contribution in [-0.2, 0) is 0 Å². The molecule has 0 bridgehead atoms. The highest BCUT2D eigenvalue weighted by Gasteiger charge is 2.04. The Balaban J connectivity index is 2.15. The number of rotatable bonds is 0. The fourth-order valence-corrected chi connectivity index (χ4v) is 2.08. The molecule has 0 unspecified atom stereocenters. The van der Waals surface area contributed by atoms with E-state index in [1.54, 1.807) is 0 Å². The van der Waals surface area contributed by atoms with Gasteiger partial charge < -0.3 is 5.32 Å². The largest absolute Gasteiger partial charge is 0.316 e. The van der Waals surface area contributed by atoms with Crippen molar-refractivity contribution in [1.82, 2.24) is 5.32 Å². The Hall–Kier alpha value is 0.690. The maximum atomic E-state index is 3.47. The summed E-state index contributed by atoms with van der Waals surface area (Å²) in [5.41, 5.74) is 0. The Kier molecular flexibility index (Phi) is 4.70. The first-order valence-electron chi connectivity index (χ1n) is 4.24. The van der Waals surface area contributed by atoms with E-state index in [0.29, 0.717) is 0 Å². The van der Waals surface area contributed by atoms with Gasteiger partial charge in [0, 0.05) is 10.5 Å². The van der Waals surface area contributed by atoms with Crippen LogP contribution in [0.2, 0.25) is 0 Å². The molecule has 1 aliphatic rings. The van der Waals surface area contributed by atoms with Crippen LogP contribution in [0.3, 0.4) is 0 Å². The van der Waals surface area contributed by atoms with Crippen molar-refractivity contribution >= 4 is 22.6 Å². The molecule has 0 amide bonds. The van der Waals surface area contributed by atoms with Gasteiger partial charge in [0.05, 0.1) is 0 Å². The molecule has 0 aromatic rings. The third kappa shape index (κ3) is 3.76. The number of hydrogen-bond donors (Lipinski definition) is 1. The predicted molar refractivity (Wildman–Crippen MR) is 53.8 cm³/mol. The van der Waals surface area contributed by atoms with Crippen LogP contribution in [0.5, 0.6) is 0 Å². The molecule has 0 aromatic carbocycles. The van der Waals surface area contributed by atoms with Crippen LogP contribution in [0, 0.1) is 0 Å². The molecule has 1 atom stereocenters. The number of halogens is 1. The van der Waals surface area contributed by atoms with E-state index in [9.17, 15) is 0 Å². The van der Waals surface area contributed by atoms with Gasteiger partial charge in [-0.15, -0.1) is 0 Å². The van der Waals surface area contributed by atoms with Gasteiger partial charge in [-0.2, -0.15) is 0 Å². The first-order valence-corrected chi connectivity index (χ1v) is 5.49. The minimum atomic E-state index is 0.871. The maximum Gasteiger partial charge on any atom is 0.0234 e. The summed E-state index contributed by atoms with van der Waals surface area (Å²) in [6, 6.07) is 0. The molecule has 1 fully saturated rings. The van der Waals surface area contributed by atoms with E-state index in [2.05, 4.69) is 27.9 Å². The summed E-state index contributed by atoms with van der Waals surface area (Å²) in [6.45, 7) is 2.46. The molecule has 0 saturated carbocycles. The van der Waals surface area contributed by atoms with Crippen LogP contribution in [0.1, 0.15) is 32.1 Å². The van der Waals surface area contributed by atoms with Gasteiger partial charge in [0.1, 0.15) is 0 Å². The van der Waals surface area contributed by atoms with Crippen LogP contribution in [0.25, 0.3) is 0 Å². The minimum Gasteiger partial charge on any atom is -0.316 e. The van der Waals surface area contributed by atoms with Gasteiger partial charge in [0.25, 0.3) is 0 Å². The molecule has 1 aliphatic heterocycles. The Bertz CT molecular complexity index is 75.3. The zero-order valence-electron chi connectivity index (χ0n) is 6.41. The van der Waals surface area contributed by atoms with Crippen LogP contribution in [-0.4, -0.2) is 17.0 Å². The van der Waals surface area contributed by atoms with Crippen molar-refractivity contribution in [2.75, 3.05) is 13.1 Å². The van der Waals surface area contributed by atoms with Crippen molar-refractivity contribution < 1.29 is 0 Å². The van der Waals surface area contributed by atoms with Crippen molar-refractivity contribution in [3.63, 3.8) is 0 Å². The normalized spacial score (nSPS) is 30.3. The van der Waals surface area contributed by atoms with Crippen molar-refractivity contribution in [1.29, 1.82) is 0 Å². The first kappa shape index (κ1) is 8.78. The number of alkyl halides is 1. The Morgan fingerprint density at radius 1 is 1.10 bits per heavy atom. The average molecular weight is 253 g/mol. The highest BCUT2D eigenvalue weighted by molar-refractivity contribution is 14.1. The number of nitrogens with one attached hydrogen (secondary N) is 1. The standard InChI is InChI=1S/C8H16IN/c9-8-5-3-1-2-4-6-10-7-8/h8,10H,1-7H2/t8-/m0/s1. The zero-order chi connectivity index (χ0) is 7.23. The zero-order valence-corrected chi connectivity index (χ0v) is 8.56. The van der Waals surface area contributed by atoms with E-state index in [0.717, 1.165) is 3.92 Å². The summed E-state index contributed by atoms with van der Waals surface area (Å²) in [4.78, 5) is 0. The summed E-state index contributed by atoms with van der Waals surface area (Å²) in [6.07, 6.45) is 7.10. The van der Waals surface area contributed by atoms with Crippen LogP contribution >= 0.6 is 22.6 Å². The second kappa shape index (κ2) is 5.35. The quantitative estimate of drug-likeness (QED) is 0.516. The van der Waals surface area contributed by atoms with Crippen LogP contribution in [0.4, 0.5) is 0 Å². The SMILES string of the molecule is I[C@H]1CCCCCCNC1. The molecule has 0 radical (unpaired) electrons. The van der Waals surface area contributed by atoms with Crippen molar-refractivity contribution in [3.05, 3.63) is 0 Å². The summed E-state index contributed by atoms with van der Waals surface area (Å²) in [5.74, 6) is 0. The highest BCUT2D eigenvalue weighted by atomic mass is 127. The fourth-order valence-electron chi connectivity index (χ4n) is 1.33. The van der Waals surface area contributed by atoms with Gasteiger partial charge >= 0.3 is 0 Å². The van der Waals surface area contributed by atoms with Gasteiger partial charge in [-0.3, -0.25) is 0 Å². The van der Waals surface area contributed by atoms with Crippen molar-refractivity contribution in [2.45, 2.75) is 36.0 Å². The van der Waals surface area contributed by atoms with Gasteiger partial charge in [-0.25, -0.2) is 0 Å². The molecule has 1 N–H and O–H groups in total. The molecule has 1 saturated heterocycles. The Labute approximate surface area is 77.1 Å². The minimum absolute atomic E-state index is 0.871. The number of hydrogen-bond acceptors (Lipinski definition) is 1. The lowest BCUT2D eigenvalue weighted by molar-refractivity contribution is 0.634. The van der Waals surface area contributed by atoms with E-state index >= 15 is 0 Å². The molecule has 60 valence electrons. The molecule has 1 rings (SSSR count). The molecular formula is C8H16IN. The van der Waals surface area contributed by atoms with Gasteiger partial charge in [0.15, 0.2) is 0 Å². The topological polar surface area (TPSA) is 12.0 Å². The lowest BCUT2D eigenvalue weighted by Gasteiger charge is -2.06. The fraction of sp³-hybridized carbons (Fsp3) is 1.00. The monoisotopic (exact) mass is 253 g/mol. The smallest absolute Gasteiger partial charge is 0.0234 e. The average Bonchev–Trinajstić information content (AvgIpc) is 2.02. The Morgan fingerprint density at radius 2 is 1.90 bits per heavy atom. The van der Waals surface area contributed by atoms with Crippen molar-refractivity contribution in [3.8, 4) is 0 Å². The van der Waals surface area contributed by atoms with Gasteiger partial charge in [0.2, 0.25) is 0 Å². The predicted octanol–water partition coefficient (Wildman–Crippen LogP) is 2.34. The second-order valence-electron chi connectivity index (χ2n) is 3.00. The summed E-state index contributed by atoms with van der Waals surface area (Å²) in [7, 11) is 0. The van der Waals surface area contributed by atoms with Crippen LogP contribution < -0.4 is 5.32 Å². The second-order valence-corrected chi connectivity index (χ2v) is 4.77. The molecule has 1 heterocycles. The summed E-state index contributed by atoms with van der Waals surface area (Å²) >= 11 is 2.55. The molecule has 10 heavy (non-hydrogen) atoms. The van der Waals surface area contributed by atoms with E-state index in [1.165, 1.54) is 45.2 Å².